The van der Waals surface area contributed by atoms with Gasteiger partial charge in [-0.15, -0.1) is 0 Å². The number of hydrogen-bond acceptors (Lipinski definition) is 2. The smallest absolute Gasteiger partial charge is 0.261 e. The second-order valence-electron chi connectivity index (χ2n) is 5.25. The lowest BCUT2D eigenvalue weighted by molar-refractivity contribution is 0.600. The highest BCUT2D eigenvalue weighted by molar-refractivity contribution is 7.92. The summed E-state index contributed by atoms with van der Waals surface area (Å²) >= 11 is 0. The zero-order valence-corrected chi connectivity index (χ0v) is 12.3. The molecule has 0 radical (unpaired) electrons. The molecule has 0 bridgehead atoms. The normalized spacial score (nSPS) is 14.5. The standard InChI is InChI=1S/C16H16FNO2S/c17-14-6-3-7-15(11-14)18-21(19,20)16-9-8-12-4-1-2-5-13(12)10-16/h3,6-11,18H,1-2,4-5H2. The summed E-state index contributed by atoms with van der Waals surface area (Å²) in [6.07, 6.45) is 4.17. The molecule has 1 aliphatic carbocycles. The Hall–Kier alpha value is -1.88. The fourth-order valence-electron chi connectivity index (χ4n) is 2.64. The maximum Gasteiger partial charge on any atom is 0.261 e. The second kappa shape index (κ2) is 5.48. The van der Waals surface area contributed by atoms with Gasteiger partial charge < -0.3 is 0 Å². The highest BCUT2D eigenvalue weighted by Crippen LogP contribution is 2.25. The molecule has 0 aromatic heterocycles. The lowest BCUT2D eigenvalue weighted by Crippen LogP contribution is -2.14. The molecule has 2 aromatic rings. The number of sulfonamides is 1. The summed E-state index contributed by atoms with van der Waals surface area (Å²) in [6.45, 7) is 0. The molecule has 0 aliphatic heterocycles. The number of aryl methyl sites for hydroxylation is 2. The van der Waals surface area contributed by atoms with E-state index in [0.29, 0.717) is 0 Å². The van der Waals surface area contributed by atoms with Crippen LogP contribution in [0.3, 0.4) is 0 Å². The van der Waals surface area contributed by atoms with Gasteiger partial charge in [-0.05, 0) is 67.1 Å². The average Bonchev–Trinajstić information content (AvgIpc) is 2.46. The van der Waals surface area contributed by atoms with Crippen molar-refractivity contribution in [2.24, 2.45) is 0 Å². The Morgan fingerprint density at radius 2 is 1.71 bits per heavy atom. The maximum absolute atomic E-state index is 13.1. The Balaban J connectivity index is 1.91. The minimum atomic E-state index is -3.68. The van der Waals surface area contributed by atoms with E-state index in [-0.39, 0.29) is 10.6 Å². The molecule has 0 saturated carbocycles. The van der Waals surface area contributed by atoms with Crippen molar-refractivity contribution in [2.75, 3.05) is 4.72 Å². The first-order valence-corrected chi connectivity index (χ1v) is 8.43. The van der Waals surface area contributed by atoms with Crippen LogP contribution in [0.4, 0.5) is 10.1 Å². The quantitative estimate of drug-likeness (QED) is 0.943. The Morgan fingerprint density at radius 1 is 0.952 bits per heavy atom. The molecule has 1 N–H and O–H groups in total. The summed E-state index contributed by atoms with van der Waals surface area (Å²) in [5.74, 6) is -0.472. The number of fused-ring (bicyclic) bond motifs is 1. The molecule has 0 saturated heterocycles. The Kier molecular flexibility index (Phi) is 3.68. The Bertz CT molecular complexity index is 772. The van der Waals surface area contributed by atoms with Crippen molar-refractivity contribution in [1.29, 1.82) is 0 Å². The number of halogens is 1. The van der Waals surface area contributed by atoms with Crippen molar-refractivity contribution < 1.29 is 12.8 Å². The van der Waals surface area contributed by atoms with Crippen molar-refractivity contribution in [3.63, 3.8) is 0 Å². The van der Waals surface area contributed by atoms with E-state index in [9.17, 15) is 12.8 Å². The van der Waals surface area contributed by atoms with E-state index in [4.69, 9.17) is 0 Å². The highest BCUT2D eigenvalue weighted by atomic mass is 32.2. The third-order valence-electron chi connectivity index (χ3n) is 3.71. The van der Waals surface area contributed by atoms with E-state index in [2.05, 4.69) is 4.72 Å². The summed E-state index contributed by atoms with van der Waals surface area (Å²) < 4.78 is 40.3. The van der Waals surface area contributed by atoms with Crippen LogP contribution in [0.2, 0.25) is 0 Å². The van der Waals surface area contributed by atoms with Gasteiger partial charge in [0.15, 0.2) is 0 Å². The number of nitrogens with one attached hydrogen (secondary N) is 1. The molecule has 0 unspecified atom stereocenters. The van der Waals surface area contributed by atoms with E-state index in [1.165, 1.54) is 23.8 Å². The molecule has 0 fully saturated rings. The van der Waals surface area contributed by atoms with Crippen LogP contribution >= 0.6 is 0 Å². The molecule has 110 valence electrons. The van der Waals surface area contributed by atoms with Crippen molar-refractivity contribution in [2.45, 2.75) is 30.6 Å². The van der Waals surface area contributed by atoms with Crippen LogP contribution in [-0.4, -0.2) is 8.42 Å². The topological polar surface area (TPSA) is 46.2 Å². The third-order valence-corrected chi connectivity index (χ3v) is 5.09. The lowest BCUT2D eigenvalue weighted by Gasteiger charge is -2.17. The Morgan fingerprint density at radius 3 is 2.48 bits per heavy atom. The SMILES string of the molecule is O=S(=O)(Nc1cccc(F)c1)c1ccc2c(c1)CCCC2. The van der Waals surface area contributed by atoms with Gasteiger partial charge in [0, 0.05) is 0 Å². The number of benzene rings is 2. The van der Waals surface area contributed by atoms with E-state index in [0.717, 1.165) is 37.3 Å². The van der Waals surface area contributed by atoms with Crippen LogP contribution in [0.25, 0.3) is 0 Å². The number of rotatable bonds is 3. The van der Waals surface area contributed by atoms with E-state index in [1.807, 2.05) is 6.07 Å². The van der Waals surface area contributed by atoms with Gasteiger partial charge in [-0.1, -0.05) is 12.1 Å². The Labute approximate surface area is 123 Å². The van der Waals surface area contributed by atoms with Gasteiger partial charge in [-0.2, -0.15) is 0 Å². The minimum Gasteiger partial charge on any atom is -0.280 e. The molecule has 3 nitrogen and oxygen atoms in total. The predicted molar refractivity (Wildman–Crippen MR) is 80.3 cm³/mol. The second-order valence-corrected chi connectivity index (χ2v) is 6.94. The van der Waals surface area contributed by atoms with Crippen LogP contribution in [0.5, 0.6) is 0 Å². The molecule has 1 aliphatic rings. The molecular formula is C16H16FNO2S. The average molecular weight is 305 g/mol. The zero-order valence-electron chi connectivity index (χ0n) is 11.5. The molecule has 5 heteroatoms. The first kappa shape index (κ1) is 14.1. The molecule has 0 heterocycles. The fourth-order valence-corrected chi connectivity index (χ4v) is 3.74. The highest BCUT2D eigenvalue weighted by Gasteiger charge is 2.18. The van der Waals surface area contributed by atoms with Crippen LogP contribution < -0.4 is 4.72 Å². The van der Waals surface area contributed by atoms with E-state index >= 15 is 0 Å². The largest absolute Gasteiger partial charge is 0.280 e. The van der Waals surface area contributed by atoms with Crippen LogP contribution in [0.15, 0.2) is 47.4 Å². The van der Waals surface area contributed by atoms with Gasteiger partial charge in [0.1, 0.15) is 5.82 Å². The maximum atomic E-state index is 13.1. The molecule has 0 atom stereocenters. The summed E-state index contributed by atoms with van der Waals surface area (Å²) in [5, 5.41) is 0. The van der Waals surface area contributed by atoms with Crippen LogP contribution in [0.1, 0.15) is 24.0 Å². The molecule has 0 spiro atoms. The summed E-state index contributed by atoms with van der Waals surface area (Å²) in [6, 6.07) is 10.7. The van der Waals surface area contributed by atoms with Gasteiger partial charge in [0.05, 0.1) is 10.6 Å². The predicted octanol–water partition coefficient (Wildman–Crippen LogP) is 3.51. The van der Waals surface area contributed by atoms with Crippen LogP contribution in [0, 0.1) is 5.82 Å². The minimum absolute atomic E-state index is 0.229. The first-order valence-electron chi connectivity index (χ1n) is 6.95. The van der Waals surface area contributed by atoms with Gasteiger partial charge in [-0.25, -0.2) is 12.8 Å². The number of hydrogen-bond donors (Lipinski definition) is 1. The summed E-state index contributed by atoms with van der Waals surface area (Å²) in [5.41, 5.74) is 2.56. The van der Waals surface area contributed by atoms with E-state index in [1.54, 1.807) is 12.1 Å². The lowest BCUT2D eigenvalue weighted by atomic mass is 9.92. The van der Waals surface area contributed by atoms with Gasteiger partial charge >= 0.3 is 0 Å². The molecule has 0 amide bonds. The third kappa shape index (κ3) is 3.08. The molecule has 21 heavy (non-hydrogen) atoms. The van der Waals surface area contributed by atoms with Crippen molar-refractivity contribution in [3.8, 4) is 0 Å². The molecular weight excluding hydrogens is 289 g/mol. The van der Waals surface area contributed by atoms with Crippen molar-refractivity contribution in [3.05, 3.63) is 59.4 Å². The van der Waals surface area contributed by atoms with Crippen molar-refractivity contribution in [1.82, 2.24) is 0 Å². The van der Waals surface area contributed by atoms with E-state index < -0.39 is 15.8 Å². The summed E-state index contributed by atoms with van der Waals surface area (Å²) in [7, 11) is -3.68. The van der Waals surface area contributed by atoms with Gasteiger partial charge in [-0.3, -0.25) is 4.72 Å². The van der Waals surface area contributed by atoms with Crippen LogP contribution in [-0.2, 0) is 22.9 Å². The molecule has 2 aromatic carbocycles. The summed E-state index contributed by atoms with van der Waals surface area (Å²) in [4.78, 5) is 0.229. The first-order chi connectivity index (χ1) is 10.0. The molecule has 3 rings (SSSR count). The monoisotopic (exact) mass is 305 g/mol. The fraction of sp³-hybridized carbons (Fsp3) is 0.250. The van der Waals surface area contributed by atoms with Crippen molar-refractivity contribution >= 4 is 15.7 Å². The van der Waals surface area contributed by atoms with Gasteiger partial charge in [0.2, 0.25) is 0 Å². The number of anilines is 1. The zero-order chi connectivity index (χ0) is 14.9. The van der Waals surface area contributed by atoms with Gasteiger partial charge in [0.25, 0.3) is 10.0 Å².